The summed E-state index contributed by atoms with van der Waals surface area (Å²) in [6.07, 6.45) is 10.9. The van der Waals surface area contributed by atoms with Gasteiger partial charge in [-0.3, -0.25) is 9.59 Å². The first-order valence-corrected chi connectivity index (χ1v) is 15.5. The van der Waals surface area contributed by atoms with E-state index in [4.69, 9.17) is 58.6 Å². The molecule has 2 bridgehead atoms. The van der Waals surface area contributed by atoms with Crippen LogP contribution < -0.4 is 5.73 Å². The molecule has 0 spiro atoms. The number of ketones is 1. The smallest absolute Gasteiger partial charge is 0.240 e. The molecule has 8 heteroatoms. The number of carbonyl (C=O) groups excluding carboxylic acids is 2. The highest BCUT2D eigenvalue weighted by Gasteiger charge is 2.47. The van der Waals surface area contributed by atoms with Gasteiger partial charge in [-0.1, -0.05) is 94.8 Å². The zero-order valence-corrected chi connectivity index (χ0v) is 27.0. The Balaban J connectivity index is 0.000000818. The van der Waals surface area contributed by atoms with Crippen LogP contribution in [-0.2, 0) is 16.0 Å². The monoisotopic (exact) mass is 662 g/mol. The summed E-state index contributed by atoms with van der Waals surface area (Å²) in [7, 11) is 0. The third-order valence-electron chi connectivity index (χ3n) is 7.47. The minimum absolute atomic E-state index is 0.109. The Hall–Kier alpha value is -3.48. The lowest BCUT2D eigenvalue weighted by atomic mass is 9.75. The van der Waals surface area contributed by atoms with E-state index in [9.17, 15) is 9.59 Å². The van der Waals surface area contributed by atoms with Crippen molar-refractivity contribution in [2.24, 2.45) is 5.73 Å². The summed E-state index contributed by atoms with van der Waals surface area (Å²) in [5.74, 6) is 6.79. The number of benzene rings is 3. The molecule has 0 radical (unpaired) electrons. The minimum atomic E-state index is -0.749. The average molecular weight is 664 g/mol. The van der Waals surface area contributed by atoms with Crippen molar-refractivity contribution in [1.29, 1.82) is 0 Å². The largest absolute Gasteiger partial charge is 0.327 e. The van der Waals surface area contributed by atoms with E-state index in [1.807, 2.05) is 47.4 Å². The van der Waals surface area contributed by atoms with E-state index in [1.165, 1.54) is 0 Å². The van der Waals surface area contributed by atoms with E-state index in [0.29, 0.717) is 50.5 Å². The average Bonchev–Trinajstić information content (AvgIpc) is 3.01. The van der Waals surface area contributed by atoms with E-state index in [-0.39, 0.29) is 11.7 Å². The third-order valence-corrected chi connectivity index (χ3v) is 8.95. The number of terminal acetylenes is 1. The molecule has 2 aliphatic heterocycles. The summed E-state index contributed by atoms with van der Waals surface area (Å²) in [4.78, 5) is 29.9. The van der Waals surface area contributed by atoms with Gasteiger partial charge in [-0.05, 0) is 97.6 Å². The van der Waals surface area contributed by atoms with Crippen molar-refractivity contribution < 1.29 is 9.59 Å². The number of hydrogen-bond donors (Lipinski definition) is 1. The van der Waals surface area contributed by atoms with Gasteiger partial charge >= 0.3 is 0 Å². The van der Waals surface area contributed by atoms with Gasteiger partial charge < -0.3 is 10.6 Å². The molecule has 224 valence electrons. The molecule has 5 rings (SSSR count). The SMILES string of the molecule is C#CC#CC.N[C@@H](Cc1ccccc1)C(=O)N1C2CCCC1/C(=C\c1ccc(Cl)c(Cl)c1)C(=O)/C2=C/c1ccc(Cl)c(Cl)c1. The van der Waals surface area contributed by atoms with Crippen molar-refractivity contribution in [3.8, 4) is 24.2 Å². The van der Waals surface area contributed by atoms with Crippen LogP contribution in [0.25, 0.3) is 12.2 Å². The van der Waals surface area contributed by atoms with Crippen molar-refractivity contribution in [3.05, 3.63) is 115 Å². The first-order valence-electron chi connectivity index (χ1n) is 14.0. The molecule has 1 amide bonds. The summed E-state index contributed by atoms with van der Waals surface area (Å²) < 4.78 is 0. The van der Waals surface area contributed by atoms with Crippen LogP contribution in [0.3, 0.4) is 0 Å². The van der Waals surface area contributed by atoms with Gasteiger partial charge in [0.05, 0.1) is 38.2 Å². The second kappa shape index (κ2) is 15.5. The van der Waals surface area contributed by atoms with Crippen LogP contribution in [-0.4, -0.2) is 34.7 Å². The molecule has 2 saturated heterocycles. The van der Waals surface area contributed by atoms with Crippen molar-refractivity contribution in [2.75, 3.05) is 0 Å². The van der Waals surface area contributed by atoms with Gasteiger partial charge in [0, 0.05) is 11.1 Å². The molecule has 2 heterocycles. The molecule has 2 fully saturated rings. The van der Waals surface area contributed by atoms with E-state index in [1.54, 1.807) is 43.3 Å². The summed E-state index contributed by atoms with van der Waals surface area (Å²) in [5, 5.41) is 1.63. The molecular weight excluding hydrogens is 634 g/mol. The number of nitrogens with two attached hydrogens (primary N) is 1. The van der Waals surface area contributed by atoms with Crippen LogP contribution in [0.2, 0.25) is 20.1 Å². The fourth-order valence-corrected chi connectivity index (χ4v) is 6.11. The third kappa shape index (κ3) is 7.96. The lowest BCUT2D eigenvalue weighted by molar-refractivity contribution is -0.139. The van der Waals surface area contributed by atoms with E-state index >= 15 is 0 Å². The molecule has 3 atom stereocenters. The van der Waals surface area contributed by atoms with Crippen molar-refractivity contribution in [3.63, 3.8) is 0 Å². The molecule has 2 aliphatic rings. The number of fused-ring (bicyclic) bond motifs is 2. The number of amides is 1. The van der Waals surface area contributed by atoms with Crippen molar-refractivity contribution >= 4 is 70.2 Å². The molecule has 2 unspecified atom stereocenters. The Bertz CT molecular complexity index is 1630. The van der Waals surface area contributed by atoms with Gasteiger partial charge in [0.25, 0.3) is 0 Å². The molecule has 3 aromatic carbocycles. The molecule has 4 nitrogen and oxygen atoms in total. The van der Waals surface area contributed by atoms with E-state index < -0.39 is 18.1 Å². The minimum Gasteiger partial charge on any atom is -0.327 e. The van der Waals surface area contributed by atoms with Gasteiger partial charge in [0.1, 0.15) is 0 Å². The van der Waals surface area contributed by atoms with Crippen LogP contribution in [0.5, 0.6) is 0 Å². The Morgan fingerprint density at radius 1 is 0.909 bits per heavy atom. The number of nitrogens with zero attached hydrogens (tertiary/aromatic N) is 1. The van der Waals surface area contributed by atoms with Crippen LogP contribution >= 0.6 is 46.4 Å². The predicted octanol–water partition coefficient (Wildman–Crippen LogP) is 8.31. The molecule has 0 aromatic heterocycles. The van der Waals surface area contributed by atoms with Crippen LogP contribution in [0.1, 0.15) is 42.9 Å². The number of hydrogen-bond acceptors (Lipinski definition) is 3. The fourth-order valence-electron chi connectivity index (χ4n) is 5.49. The Morgan fingerprint density at radius 3 is 1.86 bits per heavy atom. The summed E-state index contributed by atoms with van der Waals surface area (Å²) in [6, 6.07) is 18.6. The predicted molar refractivity (Wildman–Crippen MR) is 183 cm³/mol. The van der Waals surface area contributed by atoms with E-state index in [0.717, 1.165) is 23.1 Å². The maximum Gasteiger partial charge on any atom is 0.240 e. The first kappa shape index (κ1) is 33.4. The Labute approximate surface area is 278 Å². The van der Waals surface area contributed by atoms with Crippen molar-refractivity contribution in [2.45, 2.75) is 50.7 Å². The highest BCUT2D eigenvalue weighted by molar-refractivity contribution is 6.42. The van der Waals surface area contributed by atoms with Gasteiger partial charge in [-0.25, -0.2) is 0 Å². The molecular formula is C36H30Cl4N2O2. The summed E-state index contributed by atoms with van der Waals surface area (Å²) in [5.41, 5.74) is 9.99. The van der Waals surface area contributed by atoms with Crippen LogP contribution in [0.15, 0.2) is 77.9 Å². The number of Topliss-reactive ketones (excluding diaryl/α,β-unsaturated/α-hetero) is 1. The zero-order chi connectivity index (χ0) is 31.8. The first-order chi connectivity index (χ1) is 21.1. The Morgan fingerprint density at radius 2 is 1.43 bits per heavy atom. The van der Waals surface area contributed by atoms with Gasteiger partial charge in [0.15, 0.2) is 5.78 Å². The van der Waals surface area contributed by atoms with Gasteiger partial charge in [0.2, 0.25) is 5.91 Å². The normalized spacial score (nSPS) is 19.8. The number of carbonyl (C=O) groups is 2. The number of piperidine rings is 2. The maximum atomic E-state index is 14.1. The van der Waals surface area contributed by atoms with Gasteiger partial charge in [-0.2, -0.15) is 0 Å². The quantitative estimate of drug-likeness (QED) is 0.221. The van der Waals surface area contributed by atoms with Crippen LogP contribution in [0.4, 0.5) is 0 Å². The van der Waals surface area contributed by atoms with E-state index in [2.05, 4.69) is 17.8 Å². The second-order valence-electron chi connectivity index (χ2n) is 10.4. The fraction of sp³-hybridized carbons (Fsp3) is 0.222. The number of rotatable bonds is 5. The maximum absolute atomic E-state index is 14.1. The standard InChI is InChI=1S/C31H26Cl4N2O2.C5H4/c32-23-11-9-19(15-25(23)34)13-21-28-7-4-8-29(22(30(21)38)14-20-10-12-24(33)26(35)16-20)37(28)31(39)27(36)17-18-5-2-1-3-6-18;1-3-5-4-2/h1-3,5-6,9-16,27-29H,4,7-8,17,36H2;1H,2H3/b21-13+,22-14+;/t27-,28?,29?;/m0./s1. The molecule has 3 aromatic rings. The summed E-state index contributed by atoms with van der Waals surface area (Å²) in [6.45, 7) is 1.71. The molecule has 0 saturated carbocycles. The lowest BCUT2D eigenvalue weighted by Gasteiger charge is -2.48. The van der Waals surface area contributed by atoms with Gasteiger partial charge in [-0.15, -0.1) is 6.42 Å². The zero-order valence-electron chi connectivity index (χ0n) is 24.0. The highest BCUT2D eigenvalue weighted by Crippen LogP contribution is 2.41. The van der Waals surface area contributed by atoms with Crippen molar-refractivity contribution in [1.82, 2.24) is 4.90 Å². The number of halogens is 4. The molecule has 44 heavy (non-hydrogen) atoms. The summed E-state index contributed by atoms with van der Waals surface area (Å²) >= 11 is 24.8. The van der Waals surface area contributed by atoms with Crippen LogP contribution in [0, 0.1) is 24.2 Å². The Kier molecular flexibility index (Phi) is 11.8. The molecule has 2 N–H and O–H groups in total. The molecule has 0 aliphatic carbocycles. The topological polar surface area (TPSA) is 63.4 Å². The second-order valence-corrected chi connectivity index (χ2v) is 12.0. The lowest BCUT2D eigenvalue weighted by Crippen LogP contribution is -2.61. The highest BCUT2D eigenvalue weighted by atomic mass is 35.5.